The van der Waals surface area contributed by atoms with Crippen molar-refractivity contribution in [1.82, 2.24) is 0 Å². The van der Waals surface area contributed by atoms with Gasteiger partial charge in [0.2, 0.25) is 0 Å². The Labute approximate surface area is 99.6 Å². The zero-order valence-corrected chi connectivity index (χ0v) is 9.59. The van der Waals surface area contributed by atoms with Gasteiger partial charge in [0.05, 0.1) is 5.92 Å². The Balaban J connectivity index is 2.21. The molecule has 0 aliphatic carbocycles. The van der Waals surface area contributed by atoms with E-state index in [1.54, 1.807) is 6.92 Å². The largest absolute Gasteiger partial charge is 0.492 e. The zero-order chi connectivity index (χ0) is 12.3. The van der Waals surface area contributed by atoms with Crippen LogP contribution >= 0.6 is 0 Å². The van der Waals surface area contributed by atoms with Crippen LogP contribution in [0.2, 0.25) is 0 Å². The number of carboxylic acid groups (broad SMARTS) is 1. The third-order valence-electron chi connectivity index (χ3n) is 2.66. The number of ether oxygens (including phenoxy) is 1. The fraction of sp³-hybridized carbons (Fsp3) is 0.214. The fourth-order valence-electron chi connectivity index (χ4n) is 1.61. The van der Waals surface area contributed by atoms with Gasteiger partial charge in [-0.3, -0.25) is 4.79 Å². The van der Waals surface area contributed by atoms with Crippen LogP contribution < -0.4 is 4.74 Å². The lowest BCUT2D eigenvalue weighted by atomic mass is 10.1. The summed E-state index contributed by atoms with van der Waals surface area (Å²) in [6, 6.07) is 13.6. The molecule has 1 atom stereocenters. The normalized spacial score (nSPS) is 12.3. The first-order valence-electron chi connectivity index (χ1n) is 5.52. The Morgan fingerprint density at radius 1 is 1.24 bits per heavy atom. The topological polar surface area (TPSA) is 46.5 Å². The molecular formula is C14H14O3. The van der Waals surface area contributed by atoms with Gasteiger partial charge >= 0.3 is 5.97 Å². The van der Waals surface area contributed by atoms with Gasteiger partial charge in [-0.05, 0) is 18.4 Å². The van der Waals surface area contributed by atoms with Gasteiger partial charge < -0.3 is 9.84 Å². The van der Waals surface area contributed by atoms with E-state index in [-0.39, 0.29) is 6.61 Å². The summed E-state index contributed by atoms with van der Waals surface area (Å²) in [6.07, 6.45) is 0. The third-order valence-corrected chi connectivity index (χ3v) is 2.66. The Morgan fingerprint density at radius 3 is 2.71 bits per heavy atom. The highest BCUT2D eigenvalue weighted by molar-refractivity contribution is 5.88. The Morgan fingerprint density at radius 2 is 1.94 bits per heavy atom. The molecule has 0 fully saturated rings. The third kappa shape index (κ3) is 2.56. The molecule has 0 amide bonds. The summed E-state index contributed by atoms with van der Waals surface area (Å²) in [5, 5.41) is 10.9. The number of hydrogen-bond donors (Lipinski definition) is 1. The van der Waals surface area contributed by atoms with E-state index in [1.807, 2.05) is 42.5 Å². The summed E-state index contributed by atoms with van der Waals surface area (Å²) in [6.45, 7) is 1.82. The van der Waals surface area contributed by atoms with Crippen LogP contribution in [0.4, 0.5) is 0 Å². The minimum atomic E-state index is -0.842. The van der Waals surface area contributed by atoms with Gasteiger partial charge in [-0.2, -0.15) is 0 Å². The predicted octanol–water partition coefficient (Wildman–Crippen LogP) is 2.94. The van der Waals surface area contributed by atoms with Crippen LogP contribution in [0.5, 0.6) is 5.75 Å². The van der Waals surface area contributed by atoms with E-state index < -0.39 is 11.9 Å². The van der Waals surface area contributed by atoms with Crippen molar-refractivity contribution in [1.29, 1.82) is 0 Å². The summed E-state index contributed by atoms with van der Waals surface area (Å²) in [5.74, 6) is -0.615. The van der Waals surface area contributed by atoms with Crippen molar-refractivity contribution in [2.24, 2.45) is 5.92 Å². The van der Waals surface area contributed by atoms with Crippen molar-refractivity contribution < 1.29 is 14.6 Å². The maximum Gasteiger partial charge on any atom is 0.309 e. The highest BCUT2D eigenvalue weighted by Crippen LogP contribution is 2.25. The maximum absolute atomic E-state index is 10.7. The lowest BCUT2D eigenvalue weighted by Gasteiger charge is -2.11. The van der Waals surface area contributed by atoms with Crippen LogP contribution in [-0.2, 0) is 4.79 Å². The van der Waals surface area contributed by atoms with Gasteiger partial charge in [0.15, 0.2) is 0 Å². The lowest BCUT2D eigenvalue weighted by molar-refractivity contribution is -0.142. The van der Waals surface area contributed by atoms with Crippen LogP contribution in [0.3, 0.4) is 0 Å². The maximum atomic E-state index is 10.7. The molecule has 1 unspecified atom stereocenters. The second-order valence-electron chi connectivity index (χ2n) is 4.03. The first-order chi connectivity index (χ1) is 8.18. The molecule has 0 aliphatic heterocycles. The van der Waals surface area contributed by atoms with Crippen molar-refractivity contribution in [2.75, 3.05) is 6.61 Å². The van der Waals surface area contributed by atoms with E-state index in [1.165, 1.54) is 0 Å². The van der Waals surface area contributed by atoms with Crippen molar-refractivity contribution in [2.45, 2.75) is 6.92 Å². The van der Waals surface area contributed by atoms with Gasteiger partial charge in [-0.15, -0.1) is 0 Å². The molecule has 3 nitrogen and oxygen atoms in total. The van der Waals surface area contributed by atoms with E-state index in [0.717, 1.165) is 16.5 Å². The molecule has 3 heteroatoms. The summed E-state index contributed by atoms with van der Waals surface area (Å²) >= 11 is 0. The minimum absolute atomic E-state index is 0.184. The van der Waals surface area contributed by atoms with Gasteiger partial charge in [-0.25, -0.2) is 0 Å². The second kappa shape index (κ2) is 4.87. The number of carbonyl (C=O) groups is 1. The summed E-state index contributed by atoms with van der Waals surface area (Å²) in [7, 11) is 0. The average molecular weight is 230 g/mol. The molecule has 2 aromatic carbocycles. The number of aliphatic carboxylic acids is 1. The highest BCUT2D eigenvalue weighted by Gasteiger charge is 2.12. The molecule has 0 spiro atoms. The standard InChI is InChI=1S/C14H14O3/c1-10(14(15)16)9-17-13-8-4-6-11-5-2-3-7-12(11)13/h2-8,10H,9H2,1H3,(H,15,16). The second-order valence-corrected chi connectivity index (χ2v) is 4.03. The van der Waals surface area contributed by atoms with Crippen LogP contribution in [0.25, 0.3) is 10.8 Å². The summed E-state index contributed by atoms with van der Waals surface area (Å²) in [5.41, 5.74) is 0. The Hall–Kier alpha value is -2.03. The lowest BCUT2D eigenvalue weighted by Crippen LogP contribution is -2.17. The molecule has 0 saturated carbocycles. The van der Waals surface area contributed by atoms with Crippen LogP contribution in [-0.4, -0.2) is 17.7 Å². The van der Waals surface area contributed by atoms with Crippen molar-refractivity contribution in [3.05, 3.63) is 42.5 Å². The van der Waals surface area contributed by atoms with Gasteiger partial charge in [0.25, 0.3) is 0 Å². The first-order valence-corrected chi connectivity index (χ1v) is 5.52. The first kappa shape index (κ1) is 11.5. The smallest absolute Gasteiger partial charge is 0.309 e. The van der Waals surface area contributed by atoms with Crippen molar-refractivity contribution in [3.63, 3.8) is 0 Å². The average Bonchev–Trinajstić information content (AvgIpc) is 2.35. The minimum Gasteiger partial charge on any atom is -0.492 e. The molecule has 88 valence electrons. The number of benzene rings is 2. The molecule has 0 heterocycles. The molecule has 0 bridgehead atoms. The predicted molar refractivity (Wildman–Crippen MR) is 66.2 cm³/mol. The molecule has 0 aromatic heterocycles. The molecule has 0 radical (unpaired) electrons. The molecule has 17 heavy (non-hydrogen) atoms. The zero-order valence-electron chi connectivity index (χ0n) is 9.59. The molecule has 2 rings (SSSR count). The number of fused-ring (bicyclic) bond motifs is 1. The molecule has 0 saturated heterocycles. The van der Waals surface area contributed by atoms with Crippen LogP contribution in [0.15, 0.2) is 42.5 Å². The van der Waals surface area contributed by atoms with Crippen molar-refractivity contribution >= 4 is 16.7 Å². The molecule has 1 N–H and O–H groups in total. The Bertz CT molecular complexity index is 528. The number of carboxylic acids is 1. The fourth-order valence-corrected chi connectivity index (χ4v) is 1.61. The Kier molecular flexibility index (Phi) is 3.28. The van der Waals surface area contributed by atoms with Crippen LogP contribution in [0.1, 0.15) is 6.92 Å². The monoisotopic (exact) mass is 230 g/mol. The van der Waals surface area contributed by atoms with Gasteiger partial charge in [0.1, 0.15) is 12.4 Å². The van der Waals surface area contributed by atoms with E-state index >= 15 is 0 Å². The molecular weight excluding hydrogens is 216 g/mol. The van der Waals surface area contributed by atoms with E-state index in [4.69, 9.17) is 9.84 Å². The van der Waals surface area contributed by atoms with E-state index in [0.29, 0.717) is 0 Å². The summed E-state index contributed by atoms with van der Waals surface area (Å²) < 4.78 is 5.56. The molecule has 2 aromatic rings. The van der Waals surface area contributed by atoms with E-state index in [9.17, 15) is 4.79 Å². The van der Waals surface area contributed by atoms with Gasteiger partial charge in [0, 0.05) is 5.39 Å². The highest BCUT2D eigenvalue weighted by atomic mass is 16.5. The quantitative estimate of drug-likeness (QED) is 0.878. The number of rotatable bonds is 4. The van der Waals surface area contributed by atoms with Gasteiger partial charge in [-0.1, -0.05) is 36.4 Å². The molecule has 0 aliphatic rings. The SMILES string of the molecule is CC(COc1cccc2ccccc12)C(=O)O. The van der Waals surface area contributed by atoms with Crippen molar-refractivity contribution in [3.8, 4) is 5.75 Å². The van der Waals surface area contributed by atoms with E-state index in [2.05, 4.69) is 0 Å². The summed E-state index contributed by atoms with van der Waals surface area (Å²) in [4.78, 5) is 10.7. The number of hydrogen-bond acceptors (Lipinski definition) is 2. The van der Waals surface area contributed by atoms with Crippen LogP contribution in [0, 0.1) is 5.92 Å².